The van der Waals surface area contributed by atoms with Crippen molar-refractivity contribution in [1.82, 2.24) is 0 Å². The molecular formula is C17H21NO. The first-order valence-electron chi connectivity index (χ1n) is 7.14. The first kappa shape index (κ1) is 13.7. The second kappa shape index (κ2) is 6.99. The highest BCUT2D eigenvalue weighted by molar-refractivity contribution is 5.33. The van der Waals surface area contributed by atoms with Crippen LogP contribution in [0.3, 0.4) is 0 Å². The van der Waals surface area contributed by atoms with Crippen molar-refractivity contribution >= 4 is 0 Å². The van der Waals surface area contributed by atoms with Crippen molar-refractivity contribution in [3.63, 3.8) is 0 Å². The van der Waals surface area contributed by atoms with Crippen LogP contribution < -0.4 is 0 Å². The summed E-state index contributed by atoms with van der Waals surface area (Å²) in [6.07, 6.45) is 9.93. The Balaban J connectivity index is 1.85. The lowest BCUT2D eigenvalue weighted by Crippen LogP contribution is -2.19. The largest absolute Gasteiger partial charge is 0.498 e. The molecule has 0 unspecified atom stereocenters. The van der Waals surface area contributed by atoms with Crippen LogP contribution in [-0.2, 0) is 4.74 Å². The van der Waals surface area contributed by atoms with E-state index < -0.39 is 0 Å². The van der Waals surface area contributed by atoms with Gasteiger partial charge in [-0.25, -0.2) is 0 Å². The van der Waals surface area contributed by atoms with Crippen LogP contribution in [0.25, 0.3) is 0 Å². The molecule has 1 aromatic carbocycles. The molecule has 1 saturated carbocycles. The predicted molar refractivity (Wildman–Crippen MR) is 76.7 cm³/mol. The summed E-state index contributed by atoms with van der Waals surface area (Å²) >= 11 is 0. The van der Waals surface area contributed by atoms with Crippen LogP contribution in [0, 0.1) is 11.3 Å². The number of hydrogen-bond acceptors (Lipinski definition) is 2. The molecule has 2 heteroatoms. The number of allylic oxidation sites excluding steroid dienone is 1. The number of hydrogen-bond donors (Lipinski definition) is 0. The van der Waals surface area contributed by atoms with Crippen LogP contribution in [-0.4, -0.2) is 6.10 Å². The molecule has 0 saturated heterocycles. The van der Waals surface area contributed by atoms with E-state index >= 15 is 0 Å². The topological polar surface area (TPSA) is 33.0 Å². The van der Waals surface area contributed by atoms with Crippen molar-refractivity contribution in [2.75, 3.05) is 0 Å². The summed E-state index contributed by atoms with van der Waals surface area (Å²) in [7, 11) is 0. The van der Waals surface area contributed by atoms with E-state index in [1.54, 1.807) is 0 Å². The maximum atomic E-state index is 8.80. The number of ether oxygens (including phenoxy) is 1. The predicted octanol–water partition coefficient (Wildman–Crippen LogP) is 4.52. The van der Waals surface area contributed by atoms with E-state index in [0.717, 1.165) is 24.8 Å². The maximum Gasteiger partial charge on any atom is 0.0991 e. The summed E-state index contributed by atoms with van der Waals surface area (Å²) in [6.45, 7) is 2.11. The van der Waals surface area contributed by atoms with Crippen molar-refractivity contribution in [3.8, 4) is 6.07 Å². The van der Waals surface area contributed by atoms with Gasteiger partial charge in [-0.2, -0.15) is 5.26 Å². The summed E-state index contributed by atoms with van der Waals surface area (Å²) < 4.78 is 5.72. The van der Waals surface area contributed by atoms with Gasteiger partial charge in [0.1, 0.15) is 0 Å². The molecule has 2 rings (SSSR count). The van der Waals surface area contributed by atoms with E-state index in [0.29, 0.717) is 12.0 Å². The summed E-state index contributed by atoms with van der Waals surface area (Å²) in [5, 5.41) is 8.80. The van der Waals surface area contributed by atoms with E-state index in [1.165, 1.54) is 18.4 Å². The molecule has 0 atom stereocenters. The van der Waals surface area contributed by atoms with Crippen LogP contribution in [0.1, 0.15) is 56.1 Å². The van der Waals surface area contributed by atoms with Crippen LogP contribution in [0.5, 0.6) is 0 Å². The molecule has 0 amide bonds. The Morgan fingerprint density at radius 1 is 1.21 bits per heavy atom. The van der Waals surface area contributed by atoms with Gasteiger partial charge < -0.3 is 4.74 Å². The highest BCUT2D eigenvalue weighted by atomic mass is 16.5. The lowest BCUT2D eigenvalue weighted by molar-refractivity contribution is 0.0992. The second-order valence-electron chi connectivity index (χ2n) is 5.12. The summed E-state index contributed by atoms with van der Waals surface area (Å²) in [6, 6.07) is 10.2. The zero-order valence-electron chi connectivity index (χ0n) is 11.5. The van der Waals surface area contributed by atoms with Crippen LogP contribution in [0.4, 0.5) is 0 Å². The average molecular weight is 255 g/mol. The third-order valence-electron chi connectivity index (χ3n) is 3.79. The van der Waals surface area contributed by atoms with Crippen molar-refractivity contribution < 1.29 is 4.74 Å². The SMILES string of the molecule is CCC=COC1CCC(c2ccc(C#N)cc2)CC1. The quantitative estimate of drug-likeness (QED) is 0.741. The molecule has 0 aromatic heterocycles. The number of nitrogens with zero attached hydrogens (tertiary/aromatic N) is 1. The van der Waals surface area contributed by atoms with Gasteiger partial charge in [0, 0.05) is 0 Å². The summed E-state index contributed by atoms with van der Waals surface area (Å²) in [4.78, 5) is 0. The minimum Gasteiger partial charge on any atom is -0.498 e. The van der Waals surface area contributed by atoms with Gasteiger partial charge in [0.2, 0.25) is 0 Å². The van der Waals surface area contributed by atoms with Crippen LogP contribution >= 0.6 is 0 Å². The monoisotopic (exact) mass is 255 g/mol. The lowest BCUT2D eigenvalue weighted by Gasteiger charge is -2.28. The Labute approximate surface area is 115 Å². The van der Waals surface area contributed by atoms with Gasteiger partial charge in [-0.15, -0.1) is 0 Å². The highest BCUT2D eigenvalue weighted by Crippen LogP contribution is 2.34. The van der Waals surface area contributed by atoms with E-state index in [9.17, 15) is 0 Å². The normalized spacial score (nSPS) is 23.2. The van der Waals surface area contributed by atoms with Crippen molar-refractivity contribution in [2.45, 2.75) is 51.0 Å². The molecule has 0 spiro atoms. The van der Waals surface area contributed by atoms with E-state index in [-0.39, 0.29) is 0 Å². The summed E-state index contributed by atoms with van der Waals surface area (Å²) in [5.41, 5.74) is 2.10. The average Bonchev–Trinajstić information content (AvgIpc) is 2.48. The molecular weight excluding hydrogens is 234 g/mol. The minimum atomic E-state index is 0.387. The van der Waals surface area contributed by atoms with Gasteiger partial charge in [-0.1, -0.05) is 25.1 Å². The fraction of sp³-hybridized carbons (Fsp3) is 0.471. The Morgan fingerprint density at radius 3 is 2.47 bits per heavy atom. The maximum absolute atomic E-state index is 8.80. The molecule has 0 N–H and O–H groups in total. The van der Waals surface area contributed by atoms with E-state index in [4.69, 9.17) is 10.00 Å². The molecule has 0 aliphatic heterocycles. The second-order valence-corrected chi connectivity index (χ2v) is 5.12. The number of nitriles is 1. The van der Waals surface area contributed by atoms with Gasteiger partial charge in [-0.3, -0.25) is 0 Å². The molecule has 0 heterocycles. The lowest BCUT2D eigenvalue weighted by atomic mass is 9.82. The van der Waals surface area contributed by atoms with Crippen LogP contribution in [0.15, 0.2) is 36.6 Å². The first-order valence-corrected chi connectivity index (χ1v) is 7.14. The van der Waals surface area contributed by atoms with E-state index in [1.807, 2.05) is 18.4 Å². The van der Waals surface area contributed by atoms with Gasteiger partial charge in [0.25, 0.3) is 0 Å². The number of rotatable bonds is 4. The highest BCUT2D eigenvalue weighted by Gasteiger charge is 2.22. The smallest absolute Gasteiger partial charge is 0.0991 e. The molecule has 0 bridgehead atoms. The first-order chi connectivity index (χ1) is 9.33. The van der Waals surface area contributed by atoms with Crippen molar-refractivity contribution in [2.24, 2.45) is 0 Å². The molecule has 1 aliphatic rings. The fourth-order valence-electron chi connectivity index (χ4n) is 2.62. The Hall–Kier alpha value is -1.75. The third kappa shape index (κ3) is 3.86. The molecule has 100 valence electrons. The fourth-order valence-corrected chi connectivity index (χ4v) is 2.62. The molecule has 19 heavy (non-hydrogen) atoms. The van der Waals surface area contributed by atoms with Gasteiger partial charge in [0.15, 0.2) is 0 Å². The molecule has 1 aliphatic carbocycles. The molecule has 0 radical (unpaired) electrons. The number of benzene rings is 1. The Morgan fingerprint density at radius 2 is 1.89 bits per heavy atom. The Bertz CT molecular complexity index is 447. The van der Waals surface area contributed by atoms with Gasteiger partial charge in [0.05, 0.1) is 24.0 Å². The minimum absolute atomic E-state index is 0.387. The van der Waals surface area contributed by atoms with Crippen molar-refractivity contribution in [3.05, 3.63) is 47.7 Å². The third-order valence-corrected chi connectivity index (χ3v) is 3.79. The zero-order chi connectivity index (χ0) is 13.5. The molecule has 1 fully saturated rings. The zero-order valence-corrected chi connectivity index (χ0v) is 11.5. The van der Waals surface area contributed by atoms with E-state index in [2.05, 4.69) is 31.2 Å². The van der Waals surface area contributed by atoms with Gasteiger partial charge >= 0.3 is 0 Å². The molecule has 1 aromatic rings. The molecule has 2 nitrogen and oxygen atoms in total. The summed E-state index contributed by atoms with van der Waals surface area (Å²) in [5.74, 6) is 0.628. The standard InChI is InChI=1S/C17H21NO/c1-2-3-12-19-17-10-8-16(9-11-17)15-6-4-14(13-18)5-7-15/h3-7,12,16-17H,2,8-11H2,1H3. The van der Waals surface area contributed by atoms with Crippen LogP contribution in [0.2, 0.25) is 0 Å². The van der Waals surface area contributed by atoms with Gasteiger partial charge in [-0.05, 0) is 55.7 Å². The Kier molecular flexibility index (Phi) is 5.03. The van der Waals surface area contributed by atoms with Crippen molar-refractivity contribution in [1.29, 1.82) is 5.26 Å².